The van der Waals surface area contributed by atoms with E-state index >= 15 is 0 Å². The number of likely N-dealkylation sites (N-methyl/N-ethyl adjacent to an activating group) is 1. The van der Waals surface area contributed by atoms with Gasteiger partial charge in [-0.15, -0.1) is 10.2 Å². The molecule has 0 N–H and O–H groups in total. The molecule has 2 aromatic rings. The van der Waals surface area contributed by atoms with Crippen LogP contribution in [-0.4, -0.2) is 59.0 Å². The summed E-state index contributed by atoms with van der Waals surface area (Å²) in [7, 11) is 2.06. The first-order chi connectivity index (χ1) is 13.1. The molecule has 0 aliphatic carbocycles. The molecular formula is C18H25N5O3S. The normalized spacial score (nSPS) is 15.3. The number of aromatic nitrogens is 2. The molecule has 0 unspecified atom stereocenters. The summed E-state index contributed by atoms with van der Waals surface area (Å²) in [5.74, 6) is 1.25. The third-order valence-corrected chi connectivity index (χ3v) is 5.55. The summed E-state index contributed by atoms with van der Waals surface area (Å²) in [6, 6.07) is 5.14. The molecule has 1 saturated heterocycles. The molecule has 146 valence electrons. The predicted octanol–water partition coefficient (Wildman–Crippen LogP) is 3.68. The van der Waals surface area contributed by atoms with Crippen LogP contribution in [0.3, 0.4) is 0 Å². The molecule has 27 heavy (non-hydrogen) atoms. The summed E-state index contributed by atoms with van der Waals surface area (Å²) in [5, 5.41) is 20.2. The van der Waals surface area contributed by atoms with Crippen LogP contribution in [0.5, 0.6) is 0 Å². The highest BCUT2D eigenvalue weighted by Crippen LogP contribution is 2.34. The van der Waals surface area contributed by atoms with Gasteiger partial charge in [-0.05, 0) is 25.6 Å². The number of hydrogen-bond donors (Lipinski definition) is 0. The van der Waals surface area contributed by atoms with Crippen molar-refractivity contribution in [3.63, 3.8) is 0 Å². The molecule has 3 rings (SSSR count). The number of thioether (sulfide) groups is 1. The monoisotopic (exact) mass is 391 g/mol. The smallest absolute Gasteiger partial charge is 0.293 e. The van der Waals surface area contributed by atoms with Gasteiger partial charge in [0, 0.05) is 43.6 Å². The van der Waals surface area contributed by atoms with Gasteiger partial charge in [0.1, 0.15) is 5.69 Å². The third kappa shape index (κ3) is 4.98. The summed E-state index contributed by atoms with van der Waals surface area (Å²) in [6.45, 7) is 5.49. The predicted molar refractivity (Wildman–Crippen MR) is 106 cm³/mol. The Morgan fingerprint density at radius 1 is 1.22 bits per heavy atom. The largest absolute Gasteiger partial charge is 0.411 e. The molecule has 2 heterocycles. The Bertz CT molecular complexity index is 774. The number of nitro groups is 1. The Balaban J connectivity index is 1.76. The van der Waals surface area contributed by atoms with Gasteiger partial charge in [-0.3, -0.25) is 10.1 Å². The summed E-state index contributed by atoms with van der Waals surface area (Å²) in [5.41, 5.74) is 1.30. The van der Waals surface area contributed by atoms with Crippen molar-refractivity contribution in [3.8, 4) is 11.5 Å². The highest BCUT2D eigenvalue weighted by atomic mass is 32.2. The lowest BCUT2D eigenvalue weighted by molar-refractivity contribution is -0.384. The molecule has 0 amide bonds. The SMILES string of the molecule is CCCCCSc1nnc(-c2ccc(N3CCN(C)CC3)c([N+](=O)[O-])c2)o1. The maximum absolute atomic E-state index is 11.6. The number of anilines is 1. The lowest BCUT2D eigenvalue weighted by Gasteiger charge is -2.33. The van der Waals surface area contributed by atoms with Crippen LogP contribution in [0.1, 0.15) is 26.2 Å². The molecule has 9 heteroatoms. The van der Waals surface area contributed by atoms with Crippen LogP contribution >= 0.6 is 11.8 Å². The van der Waals surface area contributed by atoms with Gasteiger partial charge in [-0.2, -0.15) is 0 Å². The van der Waals surface area contributed by atoms with Crippen molar-refractivity contribution < 1.29 is 9.34 Å². The van der Waals surface area contributed by atoms with Crippen molar-refractivity contribution in [2.75, 3.05) is 43.9 Å². The van der Waals surface area contributed by atoms with E-state index in [0.717, 1.165) is 38.4 Å². The van der Waals surface area contributed by atoms with Gasteiger partial charge in [-0.1, -0.05) is 31.5 Å². The van der Waals surface area contributed by atoms with Crippen LogP contribution in [0.25, 0.3) is 11.5 Å². The number of hydrogen-bond acceptors (Lipinski definition) is 8. The van der Waals surface area contributed by atoms with Gasteiger partial charge >= 0.3 is 0 Å². The summed E-state index contributed by atoms with van der Waals surface area (Å²) in [4.78, 5) is 15.6. The van der Waals surface area contributed by atoms with Crippen molar-refractivity contribution in [3.05, 3.63) is 28.3 Å². The molecule has 0 atom stereocenters. The number of rotatable bonds is 8. The second-order valence-electron chi connectivity index (χ2n) is 6.68. The molecular weight excluding hydrogens is 366 g/mol. The minimum Gasteiger partial charge on any atom is -0.411 e. The summed E-state index contributed by atoms with van der Waals surface area (Å²) >= 11 is 1.53. The second-order valence-corrected chi connectivity index (χ2v) is 7.73. The van der Waals surface area contributed by atoms with Gasteiger partial charge in [-0.25, -0.2) is 0 Å². The standard InChI is InChI=1S/C18H25N5O3S/c1-3-4-5-12-27-18-20-19-17(26-18)14-6-7-15(16(13-14)23(24)25)22-10-8-21(2)9-11-22/h6-7,13H,3-5,8-12H2,1-2H3. The Morgan fingerprint density at radius 3 is 2.70 bits per heavy atom. The lowest BCUT2D eigenvalue weighted by atomic mass is 10.1. The van der Waals surface area contributed by atoms with E-state index in [1.54, 1.807) is 6.07 Å². The van der Waals surface area contributed by atoms with E-state index in [1.165, 1.54) is 30.7 Å². The van der Waals surface area contributed by atoms with Crippen LogP contribution < -0.4 is 4.90 Å². The van der Waals surface area contributed by atoms with Crippen LogP contribution in [-0.2, 0) is 0 Å². The Hall–Kier alpha value is -2.13. The van der Waals surface area contributed by atoms with E-state index in [2.05, 4.69) is 34.0 Å². The number of piperazine rings is 1. The van der Waals surface area contributed by atoms with Crippen molar-refractivity contribution in [2.24, 2.45) is 0 Å². The van der Waals surface area contributed by atoms with E-state index in [1.807, 2.05) is 6.07 Å². The molecule has 0 bridgehead atoms. The average molecular weight is 391 g/mol. The Kier molecular flexibility index (Phi) is 6.68. The number of nitro benzene ring substituents is 1. The van der Waals surface area contributed by atoms with Crippen molar-refractivity contribution in [2.45, 2.75) is 31.4 Å². The zero-order valence-corrected chi connectivity index (χ0v) is 16.6. The number of unbranched alkanes of at least 4 members (excludes halogenated alkanes) is 2. The minimum atomic E-state index is -0.339. The van der Waals surface area contributed by atoms with Gasteiger partial charge in [0.2, 0.25) is 5.89 Å². The zero-order valence-electron chi connectivity index (χ0n) is 15.8. The van der Waals surface area contributed by atoms with Gasteiger partial charge in [0.15, 0.2) is 0 Å². The molecule has 1 aromatic heterocycles. The summed E-state index contributed by atoms with van der Waals surface area (Å²) < 4.78 is 5.68. The topological polar surface area (TPSA) is 88.5 Å². The molecule has 1 aliphatic rings. The minimum absolute atomic E-state index is 0.0763. The highest BCUT2D eigenvalue weighted by molar-refractivity contribution is 7.99. The van der Waals surface area contributed by atoms with Crippen LogP contribution in [0.15, 0.2) is 27.8 Å². The molecule has 0 radical (unpaired) electrons. The molecule has 1 fully saturated rings. The first kappa shape index (κ1) is 19.6. The van der Waals surface area contributed by atoms with E-state index in [-0.39, 0.29) is 10.6 Å². The molecule has 1 aliphatic heterocycles. The Morgan fingerprint density at radius 2 is 2.00 bits per heavy atom. The second kappa shape index (κ2) is 9.18. The van der Waals surface area contributed by atoms with Crippen LogP contribution in [0.4, 0.5) is 11.4 Å². The number of nitrogens with zero attached hydrogens (tertiary/aromatic N) is 5. The fraction of sp³-hybridized carbons (Fsp3) is 0.556. The fourth-order valence-corrected chi connectivity index (χ4v) is 3.77. The quantitative estimate of drug-likeness (QED) is 0.291. The number of benzene rings is 1. The van der Waals surface area contributed by atoms with Gasteiger partial charge in [0.25, 0.3) is 10.9 Å². The molecule has 1 aromatic carbocycles. The maximum Gasteiger partial charge on any atom is 0.293 e. The highest BCUT2D eigenvalue weighted by Gasteiger charge is 2.24. The van der Waals surface area contributed by atoms with E-state index in [4.69, 9.17) is 4.42 Å². The molecule has 8 nitrogen and oxygen atoms in total. The maximum atomic E-state index is 11.6. The Labute approximate surface area is 163 Å². The fourth-order valence-electron chi connectivity index (χ4n) is 3.01. The lowest BCUT2D eigenvalue weighted by Crippen LogP contribution is -2.44. The average Bonchev–Trinajstić information content (AvgIpc) is 3.14. The first-order valence-electron chi connectivity index (χ1n) is 9.27. The van der Waals surface area contributed by atoms with Gasteiger partial charge in [0.05, 0.1) is 4.92 Å². The van der Waals surface area contributed by atoms with Crippen molar-refractivity contribution in [1.82, 2.24) is 15.1 Å². The van der Waals surface area contributed by atoms with E-state index in [0.29, 0.717) is 22.4 Å². The molecule has 0 spiro atoms. The van der Waals surface area contributed by atoms with Crippen molar-refractivity contribution in [1.29, 1.82) is 0 Å². The zero-order chi connectivity index (χ0) is 19.2. The van der Waals surface area contributed by atoms with E-state index < -0.39 is 0 Å². The van der Waals surface area contributed by atoms with Crippen LogP contribution in [0.2, 0.25) is 0 Å². The first-order valence-corrected chi connectivity index (χ1v) is 10.3. The third-order valence-electron chi connectivity index (χ3n) is 4.64. The van der Waals surface area contributed by atoms with E-state index in [9.17, 15) is 10.1 Å². The van der Waals surface area contributed by atoms with Gasteiger partial charge < -0.3 is 14.2 Å². The molecule has 0 saturated carbocycles. The summed E-state index contributed by atoms with van der Waals surface area (Å²) in [6.07, 6.45) is 3.44. The van der Waals surface area contributed by atoms with Crippen LogP contribution in [0, 0.1) is 10.1 Å². The van der Waals surface area contributed by atoms with Crippen molar-refractivity contribution >= 4 is 23.1 Å².